The van der Waals surface area contributed by atoms with Crippen LogP contribution in [0.5, 0.6) is 0 Å². The maximum absolute atomic E-state index is 4.42. The number of pyridine rings is 1. The fraction of sp³-hybridized carbons (Fsp3) is 0.278. The van der Waals surface area contributed by atoms with Crippen molar-refractivity contribution >= 4 is 10.9 Å². The van der Waals surface area contributed by atoms with Crippen molar-refractivity contribution in [3.05, 3.63) is 67.0 Å². The number of nitrogens with zero attached hydrogens (tertiary/aromatic N) is 2. The Morgan fingerprint density at radius 2 is 2.25 bits per heavy atom. The molecule has 1 aliphatic heterocycles. The Kier molecular flexibility index (Phi) is 3.55. The molecule has 20 heavy (non-hydrogen) atoms. The molecule has 0 radical (unpaired) electrons. The van der Waals surface area contributed by atoms with Crippen molar-refractivity contribution in [3.8, 4) is 0 Å². The molecule has 3 rings (SSSR count). The molecule has 1 atom stereocenters. The van der Waals surface area contributed by atoms with Gasteiger partial charge in [-0.25, -0.2) is 0 Å². The van der Waals surface area contributed by atoms with Crippen LogP contribution < -0.4 is 0 Å². The predicted molar refractivity (Wildman–Crippen MR) is 84.5 cm³/mol. The third-order valence-corrected chi connectivity index (χ3v) is 4.11. The molecule has 0 saturated carbocycles. The zero-order valence-electron chi connectivity index (χ0n) is 11.8. The number of aromatic nitrogens is 1. The highest BCUT2D eigenvalue weighted by Gasteiger charge is 2.22. The van der Waals surface area contributed by atoms with E-state index >= 15 is 0 Å². The van der Waals surface area contributed by atoms with Gasteiger partial charge in [-0.1, -0.05) is 30.9 Å². The number of likely N-dealkylation sites (tertiary alicyclic amines) is 1. The van der Waals surface area contributed by atoms with E-state index in [0.717, 1.165) is 18.5 Å². The highest BCUT2D eigenvalue weighted by atomic mass is 15.2. The first-order valence-electron chi connectivity index (χ1n) is 7.19. The third kappa shape index (κ3) is 2.34. The van der Waals surface area contributed by atoms with E-state index in [1.54, 1.807) is 0 Å². The van der Waals surface area contributed by atoms with Gasteiger partial charge >= 0.3 is 0 Å². The quantitative estimate of drug-likeness (QED) is 0.778. The maximum Gasteiger partial charge on any atom is 0.0704 e. The lowest BCUT2D eigenvalue weighted by Crippen LogP contribution is -2.27. The van der Waals surface area contributed by atoms with Gasteiger partial charge in [-0.2, -0.15) is 0 Å². The highest BCUT2D eigenvalue weighted by molar-refractivity contribution is 5.82. The fourth-order valence-electron chi connectivity index (χ4n) is 3.07. The first-order chi connectivity index (χ1) is 9.79. The standard InChI is InChI=1S/C18H20N2/c1-3-16-8-6-12-20(16)14(2)13-15-7-4-10-18-17(15)9-5-11-19-18/h3-5,7,9-11,16H,1-2,6,8,12-13H2. The summed E-state index contributed by atoms with van der Waals surface area (Å²) in [5, 5.41) is 1.23. The molecule has 0 bridgehead atoms. The van der Waals surface area contributed by atoms with Crippen molar-refractivity contribution in [2.24, 2.45) is 0 Å². The topological polar surface area (TPSA) is 16.1 Å². The molecular weight excluding hydrogens is 244 g/mol. The lowest BCUT2D eigenvalue weighted by atomic mass is 10.0. The SMILES string of the molecule is C=CC1CCCN1C(=C)Cc1cccc2ncccc12. The van der Waals surface area contributed by atoms with Crippen LogP contribution in [0.3, 0.4) is 0 Å². The van der Waals surface area contributed by atoms with Crippen LogP contribution in [0.1, 0.15) is 18.4 Å². The molecule has 1 aromatic heterocycles. The van der Waals surface area contributed by atoms with Crippen molar-refractivity contribution in [3.63, 3.8) is 0 Å². The normalized spacial score (nSPS) is 18.4. The lowest BCUT2D eigenvalue weighted by Gasteiger charge is -2.26. The Morgan fingerprint density at radius 1 is 1.35 bits per heavy atom. The van der Waals surface area contributed by atoms with Crippen LogP contribution in [0, 0.1) is 0 Å². The number of fused-ring (bicyclic) bond motifs is 1. The van der Waals surface area contributed by atoms with Gasteiger partial charge in [-0.3, -0.25) is 4.98 Å². The van der Waals surface area contributed by atoms with E-state index in [1.165, 1.54) is 29.5 Å². The summed E-state index contributed by atoms with van der Waals surface area (Å²) in [7, 11) is 0. The number of allylic oxidation sites excluding steroid dienone is 1. The molecule has 1 unspecified atom stereocenters. The maximum atomic E-state index is 4.42. The van der Waals surface area contributed by atoms with Crippen LogP contribution in [-0.2, 0) is 6.42 Å². The molecule has 2 heterocycles. The average Bonchev–Trinajstić information content (AvgIpc) is 2.96. The third-order valence-electron chi connectivity index (χ3n) is 4.11. The predicted octanol–water partition coefficient (Wildman–Crippen LogP) is 3.94. The smallest absolute Gasteiger partial charge is 0.0704 e. The van der Waals surface area contributed by atoms with Crippen molar-refractivity contribution in [1.29, 1.82) is 0 Å². The van der Waals surface area contributed by atoms with E-state index < -0.39 is 0 Å². The summed E-state index contributed by atoms with van der Waals surface area (Å²) in [5.41, 5.74) is 3.54. The van der Waals surface area contributed by atoms with E-state index in [4.69, 9.17) is 0 Å². The van der Waals surface area contributed by atoms with Crippen molar-refractivity contribution < 1.29 is 0 Å². The first kappa shape index (κ1) is 12.9. The van der Waals surface area contributed by atoms with Crippen LogP contribution in [0.15, 0.2) is 61.5 Å². The van der Waals surface area contributed by atoms with E-state index in [-0.39, 0.29) is 0 Å². The second kappa shape index (κ2) is 5.49. The van der Waals surface area contributed by atoms with Gasteiger partial charge in [0.15, 0.2) is 0 Å². The summed E-state index contributed by atoms with van der Waals surface area (Å²) in [6.45, 7) is 9.33. The van der Waals surface area contributed by atoms with Crippen molar-refractivity contribution in [2.75, 3.05) is 6.54 Å². The van der Waals surface area contributed by atoms with Crippen LogP contribution in [0.2, 0.25) is 0 Å². The second-order valence-electron chi connectivity index (χ2n) is 5.37. The van der Waals surface area contributed by atoms with E-state index in [2.05, 4.69) is 47.3 Å². The molecule has 2 nitrogen and oxygen atoms in total. The first-order valence-corrected chi connectivity index (χ1v) is 7.19. The molecule has 1 fully saturated rings. The van der Waals surface area contributed by atoms with Crippen LogP contribution in [0.4, 0.5) is 0 Å². The summed E-state index contributed by atoms with van der Waals surface area (Å²) in [5.74, 6) is 0. The Labute approximate surface area is 120 Å². The summed E-state index contributed by atoms with van der Waals surface area (Å²) >= 11 is 0. The Bertz CT molecular complexity index is 639. The minimum absolute atomic E-state index is 0.454. The van der Waals surface area contributed by atoms with Gasteiger partial charge in [0.05, 0.1) is 5.52 Å². The Balaban J connectivity index is 1.86. The zero-order chi connectivity index (χ0) is 13.9. The van der Waals surface area contributed by atoms with Gasteiger partial charge in [-0.05, 0) is 30.5 Å². The van der Waals surface area contributed by atoms with Crippen LogP contribution in [-0.4, -0.2) is 22.5 Å². The minimum atomic E-state index is 0.454. The molecular formula is C18H20N2. The van der Waals surface area contributed by atoms with E-state index in [1.807, 2.05) is 18.3 Å². The zero-order valence-corrected chi connectivity index (χ0v) is 11.8. The second-order valence-corrected chi connectivity index (χ2v) is 5.37. The molecule has 0 aliphatic carbocycles. The van der Waals surface area contributed by atoms with Gasteiger partial charge in [-0.15, -0.1) is 6.58 Å². The average molecular weight is 264 g/mol. The van der Waals surface area contributed by atoms with E-state index in [0.29, 0.717) is 6.04 Å². The van der Waals surface area contributed by atoms with Gasteiger partial charge in [0.1, 0.15) is 0 Å². The largest absolute Gasteiger partial charge is 0.369 e. The summed E-state index contributed by atoms with van der Waals surface area (Å²) < 4.78 is 0. The highest BCUT2D eigenvalue weighted by Crippen LogP contribution is 2.26. The lowest BCUT2D eigenvalue weighted by molar-refractivity contribution is 0.361. The van der Waals surface area contributed by atoms with Gasteiger partial charge < -0.3 is 4.90 Å². The number of hydrogen-bond donors (Lipinski definition) is 0. The molecule has 2 aromatic rings. The fourth-order valence-corrected chi connectivity index (χ4v) is 3.07. The monoisotopic (exact) mass is 264 g/mol. The summed E-state index contributed by atoms with van der Waals surface area (Å²) in [4.78, 5) is 6.81. The number of rotatable bonds is 4. The Morgan fingerprint density at radius 3 is 3.10 bits per heavy atom. The summed E-state index contributed by atoms with van der Waals surface area (Å²) in [6.07, 6.45) is 7.19. The van der Waals surface area contributed by atoms with E-state index in [9.17, 15) is 0 Å². The number of hydrogen-bond acceptors (Lipinski definition) is 2. The van der Waals surface area contributed by atoms with Crippen LogP contribution >= 0.6 is 0 Å². The summed E-state index contributed by atoms with van der Waals surface area (Å²) in [6, 6.07) is 10.9. The molecule has 2 heteroatoms. The van der Waals surface area contributed by atoms with Crippen molar-refractivity contribution in [1.82, 2.24) is 9.88 Å². The number of benzene rings is 1. The molecule has 102 valence electrons. The van der Waals surface area contributed by atoms with Crippen LogP contribution in [0.25, 0.3) is 10.9 Å². The molecule has 1 saturated heterocycles. The molecule has 0 amide bonds. The molecule has 0 spiro atoms. The minimum Gasteiger partial charge on any atom is -0.369 e. The molecule has 1 aliphatic rings. The van der Waals surface area contributed by atoms with Gasteiger partial charge in [0.25, 0.3) is 0 Å². The van der Waals surface area contributed by atoms with Crippen molar-refractivity contribution in [2.45, 2.75) is 25.3 Å². The molecule has 0 N–H and O–H groups in total. The van der Waals surface area contributed by atoms with Gasteiger partial charge in [0.2, 0.25) is 0 Å². The van der Waals surface area contributed by atoms with Gasteiger partial charge in [0, 0.05) is 36.3 Å². The Hall–Kier alpha value is -2.09. The molecule has 1 aromatic carbocycles.